The smallest absolute Gasteiger partial charge is 0.322 e. The minimum Gasteiger partial charge on any atom is -0.322 e. The molecule has 1 atom stereocenters. The fourth-order valence-corrected chi connectivity index (χ4v) is 8.85. The van der Waals surface area contributed by atoms with Crippen LogP contribution in [0.5, 0.6) is 0 Å². The topological polar surface area (TPSA) is 123 Å². The summed E-state index contributed by atoms with van der Waals surface area (Å²) in [6.45, 7) is 2.92. The van der Waals surface area contributed by atoms with Gasteiger partial charge < -0.3 is 10.2 Å². The monoisotopic (exact) mass is 759 g/mol. The van der Waals surface area contributed by atoms with E-state index in [0.29, 0.717) is 24.1 Å². The number of nitrogens with zero attached hydrogens (tertiary/aromatic N) is 5. The molecule has 55 heavy (non-hydrogen) atoms. The van der Waals surface area contributed by atoms with Crippen molar-refractivity contribution in [2.75, 3.05) is 25.0 Å². The van der Waals surface area contributed by atoms with E-state index >= 15 is 0 Å². The lowest BCUT2D eigenvalue weighted by Gasteiger charge is -2.37. The van der Waals surface area contributed by atoms with Crippen molar-refractivity contribution in [3.05, 3.63) is 93.8 Å². The molecule has 4 heterocycles. The molecule has 15 heteroatoms. The fraction of sp³-hybridized carbons (Fsp3) is 0.425. The lowest BCUT2D eigenvalue weighted by molar-refractivity contribution is -0.140. The Labute approximate surface area is 313 Å². The number of para-hydroxylation sites is 1. The van der Waals surface area contributed by atoms with E-state index in [2.05, 4.69) is 21.6 Å². The number of carbonyl (C=O) groups is 3. The number of benzene rings is 3. The number of rotatable bonds is 7. The number of likely N-dealkylation sites (tertiary alicyclic amines) is 1. The number of alkyl halides is 3. The highest BCUT2D eigenvalue weighted by molar-refractivity contribution is 6.05. The largest absolute Gasteiger partial charge is 0.419 e. The molecule has 5 aromatic rings. The van der Waals surface area contributed by atoms with Gasteiger partial charge in [0.25, 0.3) is 5.91 Å². The third kappa shape index (κ3) is 7.05. The Morgan fingerprint density at radius 1 is 0.945 bits per heavy atom. The quantitative estimate of drug-likeness (QED) is 0.141. The Kier molecular flexibility index (Phi) is 9.60. The second-order valence-electron chi connectivity index (χ2n) is 15.1. The number of carbonyl (C=O) groups excluding carboxylic acids is 3. The molecule has 2 aliphatic heterocycles. The molecule has 3 aliphatic rings. The molecule has 288 valence electrons. The number of imidazole rings is 1. The van der Waals surface area contributed by atoms with Crippen LogP contribution in [0.25, 0.3) is 21.9 Å². The Hall–Kier alpha value is -5.31. The van der Waals surface area contributed by atoms with Gasteiger partial charge in [-0.2, -0.15) is 18.3 Å². The van der Waals surface area contributed by atoms with Crippen LogP contribution in [0.2, 0.25) is 0 Å². The van der Waals surface area contributed by atoms with Crippen LogP contribution in [-0.2, 0) is 22.8 Å². The third-order valence-electron chi connectivity index (χ3n) is 11.7. The zero-order chi connectivity index (χ0) is 38.6. The fourth-order valence-electron chi connectivity index (χ4n) is 8.85. The molecule has 11 nitrogen and oxygen atoms in total. The van der Waals surface area contributed by atoms with E-state index in [4.69, 9.17) is 5.10 Å². The van der Waals surface area contributed by atoms with Crippen LogP contribution >= 0.6 is 0 Å². The highest BCUT2D eigenvalue weighted by atomic mass is 19.4. The van der Waals surface area contributed by atoms with E-state index in [1.54, 1.807) is 34.4 Å². The summed E-state index contributed by atoms with van der Waals surface area (Å²) in [4.78, 5) is 53.1. The van der Waals surface area contributed by atoms with Gasteiger partial charge in [0.1, 0.15) is 11.9 Å². The summed E-state index contributed by atoms with van der Waals surface area (Å²) >= 11 is 0. The molecule has 1 unspecified atom stereocenters. The molecule has 3 aromatic carbocycles. The Balaban J connectivity index is 0.861. The summed E-state index contributed by atoms with van der Waals surface area (Å²) < 4.78 is 59.2. The number of hydrogen-bond acceptors (Lipinski definition) is 6. The van der Waals surface area contributed by atoms with E-state index in [0.717, 1.165) is 97.8 Å². The van der Waals surface area contributed by atoms with Gasteiger partial charge in [-0.3, -0.25) is 33.5 Å². The maximum Gasteiger partial charge on any atom is 0.419 e. The van der Waals surface area contributed by atoms with Crippen molar-refractivity contribution in [3.8, 4) is 0 Å². The zero-order valence-corrected chi connectivity index (χ0v) is 30.2. The molecule has 0 radical (unpaired) electrons. The van der Waals surface area contributed by atoms with Gasteiger partial charge in [0.15, 0.2) is 0 Å². The number of nitrogens with one attached hydrogen (secondary N) is 2. The molecule has 8 rings (SSSR count). The first kappa shape index (κ1) is 36.7. The summed E-state index contributed by atoms with van der Waals surface area (Å²) in [5.74, 6) is -2.49. The molecule has 2 saturated heterocycles. The van der Waals surface area contributed by atoms with Gasteiger partial charge >= 0.3 is 11.9 Å². The predicted molar refractivity (Wildman–Crippen MR) is 197 cm³/mol. The van der Waals surface area contributed by atoms with Crippen molar-refractivity contribution in [1.82, 2.24) is 29.1 Å². The Morgan fingerprint density at radius 2 is 1.69 bits per heavy atom. The molecule has 3 fully saturated rings. The highest BCUT2D eigenvalue weighted by Crippen LogP contribution is 2.38. The van der Waals surface area contributed by atoms with E-state index in [1.807, 2.05) is 23.0 Å². The van der Waals surface area contributed by atoms with Crippen molar-refractivity contribution in [2.24, 2.45) is 13.0 Å². The number of imide groups is 1. The van der Waals surface area contributed by atoms with Crippen LogP contribution in [0.3, 0.4) is 0 Å². The number of piperidine rings is 2. The first-order chi connectivity index (χ1) is 26.4. The molecule has 3 amide bonds. The molecule has 0 bridgehead atoms. The van der Waals surface area contributed by atoms with Crippen LogP contribution in [0, 0.1) is 11.7 Å². The predicted octanol–water partition coefficient (Wildman–Crippen LogP) is 6.69. The van der Waals surface area contributed by atoms with Gasteiger partial charge in [0, 0.05) is 37.3 Å². The maximum atomic E-state index is 14.5. The molecular formula is C40H41F4N7O4. The van der Waals surface area contributed by atoms with Crippen LogP contribution in [0.4, 0.5) is 23.2 Å². The normalized spacial score (nSPS) is 21.7. The van der Waals surface area contributed by atoms with Gasteiger partial charge in [-0.05, 0) is 112 Å². The van der Waals surface area contributed by atoms with Crippen molar-refractivity contribution < 1.29 is 31.9 Å². The average molecular weight is 760 g/mol. The van der Waals surface area contributed by atoms with Gasteiger partial charge in [-0.15, -0.1) is 0 Å². The lowest BCUT2D eigenvalue weighted by atomic mass is 9.84. The molecule has 2 aromatic heterocycles. The third-order valence-corrected chi connectivity index (χ3v) is 11.7. The second-order valence-corrected chi connectivity index (χ2v) is 15.1. The maximum absolute atomic E-state index is 14.5. The van der Waals surface area contributed by atoms with E-state index in [9.17, 15) is 36.7 Å². The number of aryl methyl sites for hydroxylation is 1. The number of fused-ring (bicyclic) bond motifs is 2. The van der Waals surface area contributed by atoms with Crippen LogP contribution < -0.4 is 16.3 Å². The van der Waals surface area contributed by atoms with Gasteiger partial charge in [0.05, 0.1) is 33.7 Å². The van der Waals surface area contributed by atoms with E-state index < -0.39 is 41.0 Å². The second kappa shape index (κ2) is 14.4. The summed E-state index contributed by atoms with van der Waals surface area (Å²) in [5, 5.41) is 10.4. The van der Waals surface area contributed by atoms with Crippen LogP contribution in [0.1, 0.15) is 90.9 Å². The van der Waals surface area contributed by atoms with Crippen molar-refractivity contribution >= 4 is 45.3 Å². The van der Waals surface area contributed by atoms with Crippen molar-refractivity contribution in [3.63, 3.8) is 0 Å². The molecular weight excluding hydrogens is 718 g/mol. The first-order valence-electron chi connectivity index (χ1n) is 18.8. The minimum atomic E-state index is -4.91. The lowest BCUT2D eigenvalue weighted by Crippen LogP contribution is -2.44. The van der Waals surface area contributed by atoms with Gasteiger partial charge in [0.2, 0.25) is 11.8 Å². The Morgan fingerprint density at radius 3 is 2.42 bits per heavy atom. The zero-order valence-electron chi connectivity index (χ0n) is 30.2. The van der Waals surface area contributed by atoms with Crippen molar-refractivity contribution in [1.29, 1.82) is 0 Å². The summed E-state index contributed by atoms with van der Waals surface area (Å²) in [6.07, 6.45) is 3.47. The highest BCUT2D eigenvalue weighted by Gasteiger charge is 2.36. The number of anilines is 1. The molecule has 0 spiro atoms. The number of aromatic nitrogens is 4. The van der Waals surface area contributed by atoms with E-state index in [-0.39, 0.29) is 30.0 Å². The SMILES string of the molecule is Cn1c(=O)n(C2CCC(=O)NC2=O)c2cccc(C3CCN(CC4CCC(n5cc6cc(NC(=O)c7cccc(C(F)(F)F)c7F)ccc6n5)CC4)CC3)c21. The molecule has 2 N–H and O–H groups in total. The van der Waals surface area contributed by atoms with Gasteiger partial charge in [-0.1, -0.05) is 18.2 Å². The number of amides is 3. The molecule has 1 aliphatic carbocycles. The molecule has 1 saturated carbocycles. The standard InChI is InChI=1S/C40H41F4N7O4/c1-48-36-28(4-3-7-32(36)51(39(48)55)33-14-15-34(52)46-38(33)54)24-16-18-49(19-17-24)21-23-8-11-27(12-9-23)50-22-25-20-26(10-13-31(25)47-50)45-37(53)29-5-2-6-30(35(29)41)40(42,43)44/h2-7,10,13,20,22-24,27,33H,8-9,11-12,14-19,21H2,1H3,(H,45,53)(H,46,52,54). The number of hydrogen-bond donors (Lipinski definition) is 2. The average Bonchev–Trinajstić information content (AvgIpc) is 3.69. The number of halogens is 4. The summed E-state index contributed by atoms with van der Waals surface area (Å²) in [6, 6.07) is 13.1. The first-order valence-corrected chi connectivity index (χ1v) is 18.8. The minimum absolute atomic E-state index is 0.201. The van der Waals surface area contributed by atoms with Crippen LogP contribution in [-0.4, -0.2) is 61.2 Å². The van der Waals surface area contributed by atoms with Crippen molar-refractivity contribution in [2.45, 2.75) is 75.5 Å². The van der Waals surface area contributed by atoms with Gasteiger partial charge in [-0.25, -0.2) is 9.18 Å². The summed E-state index contributed by atoms with van der Waals surface area (Å²) in [5.41, 5.74) is 1.32. The Bertz CT molecular complexity index is 2360. The van der Waals surface area contributed by atoms with E-state index in [1.165, 1.54) is 0 Å². The van der Waals surface area contributed by atoms with Crippen LogP contribution in [0.15, 0.2) is 65.6 Å². The summed E-state index contributed by atoms with van der Waals surface area (Å²) in [7, 11) is 1.75.